The van der Waals surface area contributed by atoms with Crippen LogP contribution in [-0.4, -0.2) is 33.8 Å². The second-order valence-corrected chi connectivity index (χ2v) is 8.61. The van der Waals surface area contributed by atoms with Crippen molar-refractivity contribution in [3.63, 3.8) is 0 Å². The Morgan fingerprint density at radius 3 is 2.58 bits per heavy atom. The minimum absolute atomic E-state index is 0. The summed E-state index contributed by atoms with van der Waals surface area (Å²) < 4.78 is 1.95. The van der Waals surface area contributed by atoms with E-state index in [-0.39, 0.29) is 30.0 Å². The highest BCUT2D eigenvalue weighted by Crippen LogP contribution is 2.15. The lowest BCUT2D eigenvalue weighted by Gasteiger charge is -2.18. The van der Waals surface area contributed by atoms with Crippen LogP contribution >= 0.6 is 35.3 Å². The van der Waals surface area contributed by atoms with Crippen molar-refractivity contribution in [3.8, 4) is 0 Å². The van der Waals surface area contributed by atoms with Gasteiger partial charge in [-0.2, -0.15) is 5.10 Å². The van der Waals surface area contributed by atoms with Gasteiger partial charge in [-0.1, -0.05) is 30.3 Å². The Morgan fingerprint density at radius 1 is 1.19 bits per heavy atom. The number of aliphatic imine (C=N–C) groups is 1. The molecule has 8 heteroatoms. The SMILES string of the molecule is CN=C(NCc1csc(CCc2ccccc2)n1)NC(C)Cc1c(C)nn(C)c1C.I. The highest BCUT2D eigenvalue weighted by atomic mass is 127. The average Bonchev–Trinajstić information content (AvgIpc) is 3.30. The number of aromatic nitrogens is 3. The van der Waals surface area contributed by atoms with Crippen molar-refractivity contribution in [3.05, 3.63) is 68.9 Å². The number of guanidine groups is 1. The Labute approximate surface area is 206 Å². The van der Waals surface area contributed by atoms with Crippen LogP contribution in [0.1, 0.15) is 40.1 Å². The first-order valence-electron chi connectivity index (χ1n) is 10.4. The molecule has 0 aliphatic heterocycles. The molecule has 0 aliphatic carbocycles. The van der Waals surface area contributed by atoms with Gasteiger partial charge in [0.05, 0.1) is 22.9 Å². The predicted octanol–water partition coefficient (Wildman–Crippen LogP) is 4.19. The maximum atomic E-state index is 4.77. The maximum Gasteiger partial charge on any atom is 0.191 e. The molecule has 0 aliphatic rings. The van der Waals surface area contributed by atoms with E-state index in [1.807, 2.05) is 11.7 Å². The van der Waals surface area contributed by atoms with Crippen LogP contribution in [0.5, 0.6) is 0 Å². The molecule has 0 amide bonds. The fraction of sp³-hybridized carbons (Fsp3) is 0.435. The Morgan fingerprint density at radius 2 is 1.94 bits per heavy atom. The molecule has 2 N–H and O–H groups in total. The van der Waals surface area contributed by atoms with Gasteiger partial charge in [-0.25, -0.2) is 4.98 Å². The van der Waals surface area contributed by atoms with Crippen molar-refractivity contribution < 1.29 is 0 Å². The third-order valence-corrected chi connectivity index (χ3v) is 6.24. The molecule has 0 saturated heterocycles. The standard InChI is InChI=1S/C23H32N6S.HI/c1-16(13-21-17(2)28-29(5)18(21)3)26-23(24-4)25-14-20-15-30-22(27-20)12-11-19-9-7-6-8-10-19;/h6-10,15-16H,11-14H2,1-5H3,(H2,24,25,26);1H. The smallest absolute Gasteiger partial charge is 0.191 e. The van der Waals surface area contributed by atoms with E-state index in [2.05, 4.69) is 77.2 Å². The number of hydrogen-bond donors (Lipinski definition) is 2. The van der Waals surface area contributed by atoms with Gasteiger partial charge in [0.1, 0.15) is 0 Å². The van der Waals surface area contributed by atoms with E-state index in [0.29, 0.717) is 6.54 Å². The van der Waals surface area contributed by atoms with Gasteiger partial charge in [-0.3, -0.25) is 9.67 Å². The molecule has 3 rings (SSSR count). The number of thiazole rings is 1. The van der Waals surface area contributed by atoms with Gasteiger partial charge in [0.15, 0.2) is 5.96 Å². The molecular formula is C23H33IN6S. The lowest BCUT2D eigenvalue weighted by molar-refractivity contribution is 0.634. The number of hydrogen-bond acceptors (Lipinski definition) is 4. The van der Waals surface area contributed by atoms with Crippen molar-refractivity contribution >= 4 is 41.3 Å². The predicted molar refractivity (Wildman–Crippen MR) is 141 cm³/mol. The third-order valence-electron chi connectivity index (χ3n) is 5.28. The first-order chi connectivity index (χ1) is 14.5. The average molecular weight is 553 g/mol. The Balaban J connectivity index is 0.00000341. The summed E-state index contributed by atoms with van der Waals surface area (Å²) in [4.78, 5) is 9.13. The van der Waals surface area contributed by atoms with Crippen LogP contribution in [0.4, 0.5) is 0 Å². The topological polar surface area (TPSA) is 67.1 Å². The normalized spacial score (nSPS) is 12.4. The summed E-state index contributed by atoms with van der Waals surface area (Å²) in [5, 5.41) is 14.7. The lowest BCUT2D eigenvalue weighted by atomic mass is 10.1. The fourth-order valence-electron chi connectivity index (χ4n) is 3.51. The molecule has 31 heavy (non-hydrogen) atoms. The molecule has 0 spiro atoms. The van der Waals surface area contributed by atoms with E-state index in [0.717, 1.165) is 36.6 Å². The van der Waals surface area contributed by atoms with Crippen molar-refractivity contribution in [1.29, 1.82) is 0 Å². The largest absolute Gasteiger partial charge is 0.354 e. The van der Waals surface area contributed by atoms with Crippen LogP contribution in [0.15, 0.2) is 40.7 Å². The Hall–Kier alpha value is -1.94. The Kier molecular flexibility index (Phi) is 9.95. The van der Waals surface area contributed by atoms with Crippen LogP contribution < -0.4 is 10.6 Å². The number of nitrogens with zero attached hydrogens (tertiary/aromatic N) is 4. The second kappa shape index (κ2) is 12.2. The third kappa shape index (κ3) is 7.31. The van der Waals surface area contributed by atoms with Crippen LogP contribution in [-0.2, 0) is 32.9 Å². The summed E-state index contributed by atoms with van der Waals surface area (Å²) in [5.74, 6) is 0.792. The zero-order valence-corrected chi connectivity index (χ0v) is 22.1. The molecule has 1 unspecified atom stereocenters. The van der Waals surface area contributed by atoms with E-state index in [1.54, 1.807) is 18.4 Å². The zero-order chi connectivity index (χ0) is 21.5. The van der Waals surface area contributed by atoms with Crippen LogP contribution in [0.2, 0.25) is 0 Å². The molecule has 0 fully saturated rings. The lowest BCUT2D eigenvalue weighted by Crippen LogP contribution is -2.42. The summed E-state index contributed by atoms with van der Waals surface area (Å²) in [5.41, 5.74) is 6.02. The molecule has 1 atom stereocenters. The first kappa shape index (κ1) is 25.3. The van der Waals surface area contributed by atoms with Gasteiger partial charge in [-0.05, 0) is 44.7 Å². The van der Waals surface area contributed by atoms with Gasteiger partial charge < -0.3 is 10.6 Å². The van der Waals surface area contributed by atoms with Gasteiger partial charge in [0, 0.05) is 37.6 Å². The maximum absolute atomic E-state index is 4.77. The summed E-state index contributed by atoms with van der Waals surface area (Å²) in [6.45, 7) is 7.02. The number of halogens is 1. The number of rotatable bonds is 8. The number of aryl methyl sites for hydroxylation is 4. The molecule has 2 aromatic heterocycles. The van der Waals surface area contributed by atoms with E-state index in [4.69, 9.17) is 4.98 Å². The second-order valence-electron chi connectivity index (χ2n) is 7.67. The molecule has 0 bridgehead atoms. The van der Waals surface area contributed by atoms with Crippen LogP contribution in [0, 0.1) is 13.8 Å². The number of benzene rings is 1. The summed E-state index contributed by atoms with van der Waals surface area (Å²) in [7, 11) is 3.79. The molecule has 1 aromatic carbocycles. The highest BCUT2D eigenvalue weighted by molar-refractivity contribution is 14.0. The number of nitrogens with one attached hydrogen (secondary N) is 2. The van der Waals surface area contributed by atoms with E-state index in [9.17, 15) is 0 Å². The van der Waals surface area contributed by atoms with Gasteiger partial charge in [-0.15, -0.1) is 35.3 Å². The van der Waals surface area contributed by atoms with Gasteiger partial charge in [0.25, 0.3) is 0 Å². The van der Waals surface area contributed by atoms with Crippen molar-refractivity contribution in [2.75, 3.05) is 7.05 Å². The minimum atomic E-state index is 0. The summed E-state index contributed by atoms with van der Waals surface area (Å²) in [6.07, 6.45) is 2.91. The van der Waals surface area contributed by atoms with Gasteiger partial charge >= 0.3 is 0 Å². The van der Waals surface area contributed by atoms with Crippen molar-refractivity contribution in [2.24, 2.45) is 12.0 Å². The Bertz CT molecular complexity index is 979. The van der Waals surface area contributed by atoms with Crippen LogP contribution in [0.3, 0.4) is 0 Å². The summed E-state index contributed by atoms with van der Waals surface area (Å²) in [6, 6.07) is 10.8. The molecule has 3 aromatic rings. The molecule has 168 valence electrons. The zero-order valence-electron chi connectivity index (χ0n) is 19.0. The van der Waals surface area contributed by atoms with Crippen molar-refractivity contribution in [2.45, 2.75) is 52.6 Å². The molecule has 0 saturated carbocycles. The molecule has 2 heterocycles. The quantitative estimate of drug-likeness (QED) is 0.250. The van der Waals surface area contributed by atoms with Crippen molar-refractivity contribution in [1.82, 2.24) is 25.4 Å². The van der Waals surface area contributed by atoms with E-state index >= 15 is 0 Å². The molecular weight excluding hydrogens is 519 g/mol. The first-order valence-corrected chi connectivity index (χ1v) is 11.3. The minimum Gasteiger partial charge on any atom is -0.354 e. The summed E-state index contributed by atoms with van der Waals surface area (Å²) >= 11 is 1.73. The highest BCUT2D eigenvalue weighted by Gasteiger charge is 2.14. The monoisotopic (exact) mass is 552 g/mol. The van der Waals surface area contributed by atoms with Gasteiger partial charge in [0.2, 0.25) is 0 Å². The molecule has 6 nitrogen and oxygen atoms in total. The van der Waals surface area contributed by atoms with E-state index in [1.165, 1.54) is 21.8 Å². The fourth-order valence-corrected chi connectivity index (χ4v) is 4.31. The van der Waals surface area contributed by atoms with Crippen LogP contribution in [0.25, 0.3) is 0 Å². The molecule has 0 radical (unpaired) electrons. The van der Waals surface area contributed by atoms with E-state index < -0.39 is 0 Å².